The number of carbonyl (C=O) groups excluding carboxylic acids is 1. The number of hydrogen-bond donors (Lipinski definition) is 2. The van der Waals surface area contributed by atoms with Crippen LogP contribution in [0.25, 0.3) is 11.1 Å². The highest BCUT2D eigenvalue weighted by Crippen LogP contribution is 2.51. The Morgan fingerprint density at radius 3 is 2.41 bits per heavy atom. The molecule has 0 spiro atoms. The number of benzene rings is 3. The first-order valence-electron chi connectivity index (χ1n) is 10.8. The highest BCUT2D eigenvalue weighted by atomic mass is 32.3. The predicted octanol–water partition coefficient (Wildman–Crippen LogP) is 6.06. The lowest BCUT2D eigenvalue weighted by Gasteiger charge is -2.30. The van der Waals surface area contributed by atoms with E-state index in [1.54, 1.807) is 19.1 Å². The summed E-state index contributed by atoms with van der Waals surface area (Å²) in [6.07, 6.45) is 2.09. The molecule has 0 aromatic heterocycles. The van der Waals surface area contributed by atoms with Crippen LogP contribution in [0.1, 0.15) is 30.9 Å². The van der Waals surface area contributed by atoms with Crippen LogP contribution < -0.4 is 9.47 Å². The van der Waals surface area contributed by atoms with E-state index in [9.17, 15) is 13.9 Å². The van der Waals surface area contributed by atoms with E-state index in [0.717, 1.165) is 40.8 Å². The minimum Gasteiger partial charge on any atom is -0.454 e. The fraction of sp³-hybridized carbons (Fsp3) is 0.269. The summed E-state index contributed by atoms with van der Waals surface area (Å²) in [4.78, 5) is 13.9. The van der Waals surface area contributed by atoms with Crippen LogP contribution in [-0.2, 0) is 16.6 Å². The fourth-order valence-electron chi connectivity index (χ4n) is 4.30. The molecular weight excluding hydrogens is 424 g/mol. The molecule has 2 N–H and O–H groups in total. The molecule has 0 radical (unpaired) electrons. The maximum Gasteiger partial charge on any atom is 0.231 e. The van der Waals surface area contributed by atoms with Crippen molar-refractivity contribution in [2.24, 2.45) is 0 Å². The summed E-state index contributed by atoms with van der Waals surface area (Å²) in [5.41, 5.74) is 3.54. The van der Waals surface area contributed by atoms with E-state index in [-0.39, 0.29) is 12.6 Å². The Morgan fingerprint density at radius 2 is 1.69 bits per heavy atom. The largest absolute Gasteiger partial charge is 0.454 e. The van der Waals surface area contributed by atoms with E-state index in [1.165, 1.54) is 0 Å². The minimum absolute atomic E-state index is 0.223. The van der Waals surface area contributed by atoms with E-state index in [0.29, 0.717) is 22.8 Å². The monoisotopic (exact) mass is 450 g/mol. The van der Waals surface area contributed by atoms with Gasteiger partial charge in [0, 0.05) is 12.2 Å². The Hall–Kier alpha value is -2.80. The Kier molecular flexibility index (Phi) is 5.24. The van der Waals surface area contributed by atoms with Crippen LogP contribution in [-0.4, -0.2) is 27.4 Å². The van der Waals surface area contributed by atoms with Gasteiger partial charge in [-0.15, -0.1) is 0 Å². The summed E-state index contributed by atoms with van der Waals surface area (Å²) in [6.45, 7) is 1.99. The molecule has 0 unspecified atom stereocenters. The third-order valence-corrected chi connectivity index (χ3v) is 8.30. The number of hydrogen-bond acceptors (Lipinski definition) is 5. The fourth-order valence-corrected chi connectivity index (χ4v) is 5.20. The minimum atomic E-state index is -2.72. The quantitative estimate of drug-likeness (QED) is 0.458. The lowest BCUT2D eigenvalue weighted by Crippen LogP contribution is -2.22. The van der Waals surface area contributed by atoms with Gasteiger partial charge in [0.25, 0.3) is 0 Å². The third kappa shape index (κ3) is 3.79. The predicted molar refractivity (Wildman–Crippen MR) is 126 cm³/mol. The molecule has 6 heteroatoms. The zero-order chi connectivity index (χ0) is 22.3. The average molecular weight is 451 g/mol. The maximum absolute atomic E-state index is 13.3. The van der Waals surface area contributed by atoms with Gasteiger partial charge in [0.1, 0.15) is 5.78 Å². The van der Waals surface area contributed by atoms with Gasteiger partial charge in [0.05, 0.1) is 10.3 Å². The lowest BCUT2D eigenvalue weighted by atomic mass is 9.87. The molecule has 0 bridgehead atoms. The number of ketones is 1. The number of Topliss-reactive ketones (excluding diaryl/α,β-unsaturated/α-hetero) is 1. The molecule has 32 heavy (non-hydrogen) atoms. The van der Waals surface area contributed by atoms with Crippen molar-refractivity contribution < 1.29 is 23.4 Å². The third-order valence-electron chi connectivity index (χ3n) is 6.47. The summed E-state index contributed by atoms with van der Waals surface area (Å²) >= 11 is 0. The SMILES string of the molecule is CCS(O)(O)c1ccc(-c2cccc(CC(=O)C3(c4ccc5c(c4)OCO5)CC3)c2)cc1. The first-order chi connectivity index (χ1) is 15.4. The zero-order valence-electron chi connectivity index (χ0n) is 17.9. The van der Waals surface area contributed by atoms with Crippen molar-refractivity contribution in [3.05, 3.63) is 77.9 Å². The maximum atomic E-state index is 13.3. The number of fused-ring (bicyclic) bond motifs is 1. The molecule has 2 aliphatic rings. The number of ether oxygens (including phenoxy) is 2. The summed E-state index contributed by atoms with van der Waals surface area (Å²) in [6, 6.07) is 21.2. The van der Waals surface area contributed by atoms with Gasteiger partial charge in [-0.2, -0.15) is 10.6 Å². The molecule has 3 aromatic carbocycles. The molecule has 0 saturated heterocycles. The van der Waals surface area contributed by atoms with Gasteiger partial charge >= 0.3 is 0 Å². The van der Waals surface area contributed by atoms with E-state index in [1.807, 2.05) is 54.6 Å². The molecule has 1 saturated carbocycles. The molecule has 1 aliphatic heterocycles. The Labute approximate surface area is 189 Å². The van der Waals surface area contributed by atoms with Crippen LogP contribution >= 0.6 is 10.6 Å². The van der Waals surface area contributed by atoms with Crippen molar-refractivity contribution in [3.8, 4) is 22.6 Å². The second-order valence-electron chi connectivity index (χ2n) is 8.43. The Morgan fingerprint density at radius 1 is 0.938 bits per heavy atom. The van der Waals surface area contributed by atoms with Gasteiger partial charge in [-0.05, 0) is 66.3 Å². The van der Waals surface area contributed by atoms with Crippen LogP contribution in [0, 0.1) is 0 Å². The van der Waals surface area contributed by atoms with Crippen molar-refractivity contribution in [3.63, 3.8) is 0 Å². The molecule has 1 heterocycles. The normalized spacial score (nSPS) is 16.6. The van der Waals surface area contributed by atoms with Gasteiger partial charge in [-0.25, -0.2) is 0 Å². The summed E-state index contributed by atoms with van der Waals surface area (Å²) in [5, 5.41) is 0. The van der Waals surface area contributed by atoms with Gasteiger partial charge in [-0.1, -0.05) is 42.5 Å². The van der Waals surface area contributed by atoms with E-state index in [4.69, 9.17) is 9.47 Å². The summed E-state index contributed by atoms with van der Waals surface area (Å²) in [7, 11) is -2.72. The topological polar surface area (TPSA) is 76.0 Å². The van der Waals surface area contributed by atoms with E-state index in [2.05, 4.69) is 0 Å². The number of carbonyl (C=O) groups is 1. The highest BCUT2D eigenvalue weighted by Gasteiger charge is 2.50. The highest BCUT2D eigenvalue weighted by molar-refractivity contribution is 8.24. The average Bonchev–Trinajstić information content (AvgIpc) is 3.50. The Balaban J connectivity index is 1.35. The van der Waals surface area contributed by atoms with E-state index >= 15 is 0 Å². The summed E-state index contributed by atoms with van der Waals surface area (Å²) in [5.74, 6) is 1.97. The lowest BCUT2D eigenvalue weighted by molar-refractivity contribution is -0.120. The van der Waals surface area contributed by atoms with Crippen molar-refractivity contribution in [1.29, 1.82) is 0 Å². The molecule has 1 fully saturated rings. The van der Waals surface area contributed by atoms with Crippen LogP contribution in [0.5, 0.6) is 11.5 Å². The standard InChI is InChI=1S/C26H26O5S/c1-2-32(28,29)22-9-6-19(7-10-22)20-5-3-4-18(14-20)15-25(27)26(12-13-26)21-8-11-23-24(16-21)31-17-30-23/h3-11,14,16,28-29H,2,12-13,15,17H2,1H3. The van der Waals surface area contributed by atoms with Crippen LogP contribution in [0.2, 0.25) is 0 Å². The molecule has 0 amide bonds. The van der Waals surface area contributed by atoms with Crippen molar-refractivity contribution in [1.82, 2.24) is 0 Å². The molecule has 1 aliphatic carbocycles. The molecular formula is C26H26O5S. The van der Waals surface area contributed by atoms with Crippen molar-refractivity contribution in [2.75, 3.05) is 12.5 Å². The van der Waals surface area contributed by atoms with Gasteiger partial charge in [-0.3, -0.25) is 13.9 Å². The first-order valence-corrected chi connectivity index (χ1v) is 12.5. The number of rotatable bonds is 7. The molecule has 3 aromatic rings. The van der Waals surface area contributed by atoms with Crippen LogP contribution in [0.4, 0.5) is 0 Å². The smallest absolute Gasteiger partial charge is 0.231 e. The first kappa shape index (κ1) is 21.1. The molecule has 5 rings (SSSR count). The van der Waals surface area contributed by atoms with Crippen molar-refractivity contribution in [2.45, 2.75) is 36.5 Å². The van der Waals surface area contributed by atoms with Crippen LogP contribution in [0.15, 0.2) is 71.6 Å². The molecule has 0 atom stereocenters. The van der Waals surface area contributed by atoms with Gasteiger partial charge < -0.3 is 9.47 Å². The van der Waals surface area contributed by atoms with Crippen LogP contribution in [0.3, 0.4) is 0 Å². The Bertz CT molecular complexity index is 1170. The van der Waals surface area contributed by atoms with Gasteiger partial charge in [0.15, 0.2) is 11.5 Å². The molecule has 166 valence electrons. The summed E-state index contributed by atoms with van der Waals surface area (Å²) < 4.78 is 31.1. The van der Waals surface area contributed by atoms with Gasteiger partial charge in [0.2, 0.25) is 6.79 Å². The van der Waals surface area contributed by atoms with E-state index < -0.39 is 16.0 Å². The zero-order valence-corrected chi connectivity index (χ0v) is 18.7. The second kappa shape index (κ2) is 7.96. The van der Waals surface area contributed by atoms with Crippen molar-refractivity contribution >= 4 is 16.4 Å². The molecule has 5 nitrogen and oxygen atoms in total. The second-order valence-corrected chi connectivity index (χ2v) is 10.8.